The molecule has 2 aliphatic rings. The van der Waals surface area contributed by atoms with E-state index in [-0.39, 0.29) is 11.8 Å². The molecule has 6 heteroatoms. The zero-order valence-electron chi connectivity index (χ0n) is 15.4. The van der Waals surface area contributed by atoms with E-state index in [4.69, 9.17) is 4.74 Å². The molecular weight excluding hydrogens is 320 g/mol. The van der Waals surface area contributed by atoms with Crippen molar-refractivity contribution in [1.29, 1.82) is 0 Å². The number of benzene rings is 1. The van der Waals surface area contributed by atoms with Gasteiger partial charge >= 0.3 is 0 Å². The van der Waals surface area contributed by atoms with E-state index in [1.165, 1.54) is 0 Å². The molecule has 1 unspecified atom stereocenters. The Hall–Kier alpha value is -2.24. The van der Waals surface area contributed by atoms with Crippen molar-refractivity contribution in [3.63, 3.8) is 0 Å². The lowest BCUT2D eigenvalue weighted by molar-refractivity contribution is -0.148. The minimum absolute atomic E-state index is 0.0204. The lowest BCUT2D eigenvalue weighted by Gasteiger charge is -2.39. The zero-order valence-corrected chi connectivity index (χ0v) is 15.4. The number of fused-ring (bicyclic) bond motifs is 1. The molecule has 136 valence electrons. The van der Waals surface area contributed by atoms with E-state index in [9.17, 15) is 14.7 Å². The van der Waals surface area contributed by atoms with Gasteiger partial charge in [-0.15, -0.1) is 0 Å². The second kappa shape index (κ2) is 6.24. The number of aromatic hydroxyl groups is 1. The molecule has 2 heterocycles. The van der Waals surface area contributed by atoms with Crippen LogP contribution in [0.4, 0.5) is 0 Å². The molecule has 1 fully saturated rings. The third kappa shape index (κ3) is 2.94. The molecule has 2 amide bonds. The minimum atomic E-state index is -0.943. The SMILES string of the molecule is Cc1c(C)c2c(c(C)c1O)CCC(C)(C(=O)N1CCNC(=O)CC1)O2. The summed E-state index contributed by atoms with van der Waals surface area (Å²) in [7, 11) is 0. The lowest BCUT2D eigenvalue weighted by Crippen LogP contribution is -2.53. The number of amides is 2. The highest BCUT2D eigenvalue weighted by atomic mass is 16.5. The van der Waals surface area contributed by atoms with E-state index in [2.05, 4.69) is 5.32 Å². The van der Waals surface area contributed by atoms with Gasteiger partial charge in [0.15, 0.2) is 5.60 Å². The second-order valence-electron chi connectivity index (χ2n) is 7.26. The molecule has 1 aromatic carbocycles. The van der Waals surface area contributed by atoms with Gasteiger partial charge in [-0.05, 0) is 50.8 Å². The van der Waals surface area contributed by atoms with Crippen LogP contribution in [0, 0.1) is 20.8 Å². The van der Waals surface area contributed by atoms with Crippen LogP contribution in [-0.4, -0.2) is 47.1 Å². The van der Waals surface area contributed by atoms with Gasteiger partial charge < -0.3 is 20.1 Å². The first-order chi connectivity index (χ1) is 11.7. The summed E-state index contributed by atoms with van der Waals surface area (Å²) in [6.45, 7) is 8.89. The number of phenols is 1. The van der Waals surface area contributed by atoms with Gasteiger partial charge in [-0.25, -0.2) is 0 Å². The van der Waals surface area contributed by atoms with E-state index in [1.807, 2.05) is 27.7 Å². The summed E-state index contributed by atoms with van der Waals surface area (Å²) in [6, 6.07) is 0. The van der Waals surface area contributed by atoms with E-state index in [0.717, 1.165) is 28.0 Å². The van der Waals surface area contributed by atoms with Gasteiger partial charge in [-0.1, -0.05) is 0 Å². The maximum absolute atomic E-state index is 13.1. The fourth-order valence-electron chi connectivity index (χ4n) is 3.70. The molecule has 1 saturated heterocycles. The summed E-state index contributed by atoms with van der Waals surface area (Å²) < 4.78 is 6.24. The number of ether oxygens (including phenoxy) is 1. The van der Waals surface area contributed by atoms with E-state index in [1.54, 1.807) is 4.90 Å². The quantitative estimate of drug-likeness (QED) is 0.812. The van der Waals surface area contributed by atoms with Crippen LogP contribution in [0.5, 0.6) is 11.5 Å². The monoisotopic (exact) mass is 346 g/mol. The Bertz CT molecular complexity index is 744. The van der Waals surface area contributed by atoms with Crippen molar-refractivity contribution in [3.05, 3.63) is 22.3 Å². The molecule has 2 aliphatic heterocycles. The van der Waals surface area contributed by atoms with Crippen LogP contribution in [0.2, 0.25) is 0 Å². The molecule has 2 N–H and O–H groups in total. The van der Waals surface area contributed by atoms with Gasteiger partial charge in [0.05, 0.1) is 0 Å². The maximum Gasteiger partial charge on any atom is 0.266 e. The van der Waals surface area contributed by atoms with Crippen LogP contribution in [-0.2, 0) is 16.0 Å². The number of hydrogen-bond acceptors (Lipinski definition) is 4. The second-order valence-corrected chi connectivity index (χ2v) is 7.26. The summed E-state index contributed by atoms with van der Waals surface area (Å²) in [4.78, 5) is 26.3. The fraction of sp³-hybridized carbons (Fsp3) is 0.579. The Morgan fingerprint density at radius 2 is 1.88 bits per heavy atom. The normalized spacial score (nSPS) is 23.4. The van der Waals surface area contributed by atoms with E-state index in [0.29, 0.717) is 44.6 Å². The Kier molecular flexibility index (Phi) is 4.39. The van der Waals surface area contributed by atoms with Crippen molar-refractivity contribution < 1.29 is 19.4 Å². The molecule has 6 nitrogen and oxygen atoms in total. The van der Waals surface area contributed by atoms with Gasteiger partial charge in [0.2, 0.25) is 5.91 Å². The van der Waals surface area contributed by atoms with Crippen LogP contribution in [0.3, 0.4) is 0 Å². The highest BCUT2D eigenvalue weighted by molar-refractivity contribution is 5.87. The van der Waals surface area contributed by atoms with Gasteiger partial charge in [-0.2, -0.15) is 0 Å². The Labute approximate surface area is 148 Å². The fourth-order valence-corrected chi connectivity index (χ4v) is 3.70. The number of nitrogens with one attached hydrogen (secondary N) is 1. The average molecular weight is 346 g/mol. The maximum atomic E-state index is 13.1. The van der Waals surface area contributed by atoms with Gasteiger partial charge in [0.1, 0.15) is 11.5 Å². The molecule has 3 rings (SSSR count). The van der Waals surface area contributed by atoms with Crippen molar-refractivity contribution in [3.8, 4) is 11.5 Å². The van der Waals surface area contributed by atoms with Gasteiger partial charge in [0.25, 0.3) is 5.91 Å². The molecule has 1 atom stereocenters. The zero-order chi connectivity index (χ0) is 18.4. The highest BCUT2D eigenvalue weighted by Gasteiger charge is 2.43. The molecular formula is C19H26N2O4. The number of rotatable bonds is 1. The molecule has 0 aliphatic carbocycles. The molecule has 25 heavy (non-hydrogen) atoms. The Morgan fingerprint density at radius 3 is 2.60 bits per heavy atom. The van der Waals surface area contributed by atoms with Crippen LogP contribution in [0.25, 0.3) is 0 Å². The van der Waals surface area contributed by atoms with Crippen LogP contribution < -0.4 is 10.1 Å². The van der Waals surface area contributed by atoms with E-state index >= 15 is 0 Å². The van der Waals surface area contributed by atoms with Crippen LogP contribution in [0.1, 0.15) is 42.0 Å². The summed E-state index contributed by atoms with van der Waals surface area (Å²) in [5.74, 6) is 0.941. The van der Waals surface area contributed by atoms with Crippen LogP contribution in [0.15, 0.2) is 0 Å². The van der Waals surface area contributed by atoms with Crippen molar-refractivity contribution >= 4 is 11.8 Å². The van der Waals surface area contributed by atoms with Crippen molar-refractivity contribution in [2.75, 3.05) is 19.6 Å². The summed E-state index contributed by atoms with van der Waals surface area (Å²) in [5, 5.41) is 13.1. The van der Waals surface area contributed by atoms with Crippen LogP contribution >= 0.6 is 0 Å². The molecule has 0 aromatic heterocycles. The topological polar surface area (TPSA) is 78.9 Å². The Balaban J connectivity index is 1.90. The predicted octanol–water partition coefficient (Wildman–Crippen LogP) is 1.75. The van der Waals surface area contributed by atoms with Gasteiger partial charge in [0, 0.05) is 38.0 Å². The first-order valence-electron chi connectivity index (χ1n) is 8.81. The molecule has 0 radical (unpaired) electrons. The standard InChI is InChI=1S/C19H26N2O4/c1-11-12(2)17-14(13(3)16(11)23)5-7-19(4,25-17)18(24)21-9-6-15(22)20-8-10-21/h23H,5-10H2,1-4H3,(H,20,22). The smallest absolute Gasteiger partial charge is 0.266 e. The summed E-state index contributed by atoms with van der Waals surface area (Å²) in [5.41, 5.74) is 2.54. The van der Waals surface area contributed by atoms with Crippen molar-refractivity contribution in [1.82, 2.24) is 10.2 Å². The average Bonchev–Trinajstić information content (AvgIpc) is 2.82. The lowest BCUT2D eigenvalue weighted by atomic mass is 9.86. The highest BCUT2D eigenvalue weighted by Crippen LogP contribution is 2.43. The summed E-state index contributed by atoms with van der Waals surface area (Å²) in [6.07, 6.45) is 1.56. The first-order valence-corrected chi connectivity index (χ1v) is 8.81. The molecule has 0 saturated carbocycles. The van der Waals surface area contributed by atoms with E-state index < -0.39 is 5.60 Å². The van der Waals surface area contributed by atoms with Crippen molar-refractivity contribution in [2.24, 2.45) is 0 Å². The third-order valence-corrected chi connectivity index (χ3v) is 5.57. The third-order valence-electron chi connectivity index (χ3n) is 5.57. The number of phenolic OH excluding ortho intramolecular Hbond substituents is 1. The van der Waals surface area contributed by atoms with Gasteiger partial charge in [-0.3, -0.25) is 9.59 Å². The predicted molar refractivity (Wildman–Crippen MR) is 93.9 cm³/mol. The first kappa shape index (κ1) is 17.6. The Morgan fingerprint density at radius 1 is 1.16 bits per heavy atom. The minimum Gasteiger partial charge on any atom is -0.507 e. The molecule has 0 bridgehead atoms. The largest absolute Gasteiger partial charge is 0.507 e. The molecule has 0 spiro atoms. The number of carbonyl (C=O) groups excluding carboxylic acids is 2. The van der Waals surface area contributed by atoms with Crippen molar-refractivity contribution in [2.45, 2.75) is 52.6 Å². The number of hydrogen-bond donors (Lipinski definition) is 2. The number of carbonyl (C=O) groups is 2. The summed E-state index contributed by atoms with van der Waals surface area (Å²) >= 11 is 0. The number of nitrogens with zero attached hydrogens (tertiary/aromatic N) is 1. The molecule has 1 aromatic rings.